The summed E-state index contributed by atoms with van der Waals surface area (Å²) in [6, 6.07) is 4.53. The van der Waals surface area contributed by atoms with Gasteiger partial charge in [-0.25, -0.2) is 0 Å². The SMILES string of the molecule is CCCCC(NC)c1ncccc1C. The van der Waals surface area contributed by atoms with Gasteiger partial charge in [0.1, 0.15) is 0 Å². The minimum atomic E-state index is 0.413. The van der Waals surface area contributed by atoms with E-state index in [2.05, 4.69) is 30.2 Å². The van der Waals surface area contributed by atoms with Gasteiger partial charge in [0.2, 0.25) is 0 Å². The Morgan fingerprint density at radius 2 is 2.29 bits per heavy atom. The fourth-order valence-electron chi connectivity index (χ4n) is 1.69. The second-order valence-electron chi connectivity index (χ2n) is 3.69. The second-order valence-corrected chi connectivity index (χ2v) is 3.69. The average molecular weight is 192 g/mol. The Hall–Kier alpha value is -0.890. The molecule has 0 bridgehead atoms. The van der Waals surface area contributed by atoms with Crippen molar-refractivity contribution in [2.24, 2.45) is 0 Å². The number of nitrogens with one attached hydrogen (secondary N) is 1. The lowest BCUT2D eigenvalue weighted by atomic mass is 10.0. The van der Waals surface area contributed by atoms with Gasteiger partial charge in [-0.1, -0.05) is 25.8 Å². The van der Waals surface area contributed by atoms with Crippen LogP contribution in [0.1, 0.15) is 43.5 Å². The zero-order valence-corrected chi connectivity index (χ0v) is 9.38. The quantitative estimate of drug-likeness (QED) is 0.776. The predicted molar refractivity (Wildman–Crippen MR) is 60.3 cm³/mol. The van der Waals surface area contributed by atoms with Crippen molar-refractivity contribution in [2.45, 2.75) is 39.2 Å². The molecule has 0 aromatic carbocycles. The molecule has 2 heteroatoms. The lowest BCUT2D eigenvalue weighted by Gasteiger charge is -2.16. The van der Waals surface area contributed by atoms with Crippen molar-refractivity contribution in [3.8, 4) is 0 Å². The van der Waals surface area contributed by atoms with Gasteiger partial charge in [-0.2, -0.15) is 0 Å². The summed E-state index contributed by atoms with van der Waals surface area (Å²) in [6.07, 6.45) is 5.54. The molecule has 0 saturated heterocycles. The number of aryl methyl sites for hydroxylation is 1. The molecule has 78 valence electrons. The Labute approximate surface area is 86.8 Å². The largest absolute Gasteiger partial charge is 0.312 e. The van der Waals surface area contributed by atoms with Gasteiger partial charge in [-0.15, -0.1) is 0 Å². The summed E-state index contributed by atoms with van der Waals surface area (Å²) in [5.74, 6) is 0. The van der Waals surface area contributed by atoms with Gasteiger partial charge in [-0.3, -0.25) is 4.98 Å². The van der Waals surface area contributed by atoms with Crippen LogP contribution in [0.4, 0.5) is 0 Å². The summed E-state index contributed by atoms with van der Waals surface area (Å²) in [7, 11) is 2.01. The van der Waals surface area contributed by atoms with Crippen molar-refractivity contribution in [2.75, 3.05) is 7.05 Å². The molecule has 1 unspecified atom stereocenters. The fraction of sp³-hybridized carbons (Fsp3) is 0.583. The zero-order valence-electron chi connectivity index (χ0n) is 9.38. The maximum atomic E-state index is 4.44. The smallest absolute Gasteiger partial charge is 0.0602 e. The standard InChI is InChI=1S/C12H20N2/c1-4-5-8-11(13-3)12-10(2)7-6-9-14-12/h6-7,9,11,13H,4-5,8H2,1-3H3. The van der Waals surface area contributed by atoms with Gasteiger partial charge in [0, 0.05) is 12.2 Å². The fourth-order valence-corrected chi connectivity index (χ4v) is 1.69. The number of pyridine rings is 1. The van der Waals surface area contributed by atoms with Gasteiger partial charge in [0.15, 0.2) is 0 Å². The molecule has 0 saturated carbocycles. The van der Waals surface area contributed by atoms with Crippen LogP contribution in [0.25, 0.3) is 0 Å². The van der Waals surface area contributed by atoms with Crippen LogP contribution in [-0.2, 0) is 0 Å². The summed E-state index contributed by atoms with van der Waals surface area (Å²) >= 11 is 0. The van der Waals surface area contributed by atoms with E-state index in [4.69, 9.17) is 0 Å². The molecule has 0 fully saturated rings. The minimum absolute atomic E-state index is 0.413. The molecule has 1 heterocycles. The van der Waals surface area contributed by atoms with Crippen molar-refractivity contribution in [1.82, 2.24) is 10.3 Å². The molecule has 0 aliphatic rings. The van der Waals surface area contributed by atoms with Crippen LogP contribution in [0.5, 0.6) is 0 Å². The topological polar surface area (TPSA) is 24.9 Å². The highest BCUT2D eigenvalue weighted by atomic mass is 14.9. The Bertz CT molecular complexity index is 271. The number of hydrogen-bond donors (Lipinski definition) is 1. The van der Waals surface area contributed by atoms with Gasteiger partial charge in [0.05, 0.1) is 5.69 Å². The van der Waals surface area contributed by atoms with Crippen LogP contribution in [0.15, 0.2) is 18.3 Å². The molecule has 0 radical (unpaired) electrons. The molecule has 0 amide bonds. The van der Waals surface area contributed by atoms with E-state index in [1.54, 1.807) is 0 Å². The Kier molecular flexibility index (Phi) is 4.60. The van der Waals surface area contributed by atoms with Crippen LogP contribution in [0, 0.1) is 6.92 Å². The highest BCUT2D eigenvalue weighted by molar-refractivity contribution is 5.20. The van der Waals surface area contributed by atoms with Gasteiger partial charge < -0.3 is 5.32 Å². The van der Waals surface area contributed by atoms with Crippen LogP contribution < -0.4 is 5.32 Å². The molecule has 1 aromatic rings. The van der Waals surface area contributed by atoms with Gasteiger partial charge >= 0.3 is 0 Å². The molecule has 2 nitrogen and oxygen atoms in total. The normalized spacial score (nSPS) is 12.8. The summed E-state index contributed by atoms with van der Waals surface area (Å²) in [6.45, 7) is 4.34. The van der Waals surface area contributed by atoms with E-state index in [1.165, 1.54) is 30.5 Å². The first-order valence-electron chi connectivity index (χ1n) is 5.38. The summed E-state index contributed by atoms with van der Waals surface area (Å²) < 4.78 is 0. The van der Waals surface area contributed by atoms with Crippen molar-refractivity contribution in [1.29, 1.82) is 0 Å². The first-order chi connectivity index (χ1) is 6.79. The molecule has 1 rings (SSSR count). The number of unbranched alkanes of at least 4 members (excludes halogenated alkanes) is 1. The van der Waals surface area contributed by atoms with E-state index in [0.717, 1.165) is 0 Å². The van der Waals surface area contributed by atoms with Crippen LogP contribution in [-0.4, -0.2) is 12.0 Å². The summed E-state index contributed by atoms with van der Waals surface area (Å²) in [5.41, 5.74) is 2.48. The van der Waals surface area contributed by atoms with Crippen molar-refractivity contribution in [3.05, 3.63) is 29.6 Å². The molecule has 14 heavy (non-hydrogen) atoms. The maximum absolute atomic E-state index is 4.44. The summed E-state index contributed by atoms with van der Waals surface area (Å²) in [5, 5.41) is 3.33. The number of hydrogen-bond acceptors (Lipinski definition) is 2. The molecular formula is C12H20N2. The van der Waals surface area contributed by atoms with Crippen LogP contribution in [0.2, 0.25) is 0 Å². The average Bonchev–Trinajstić information content (AvgIpc) is 2.21. The zero-order chi connectivity index (χ0) is 10.4. The molecule has 0 aliphatic carbocycles. The van der Waals surface area contributed by atoms with E-state index in [9.17, 15) is 0 Å². The Balaban J connectivity index is 2.73. The third-order valence-corrected chi connectivity index (χ3v) is 2.57. The number of rotatable bonds is 5. The third-order valence-electron chi connectivity index (χ3n) is 2.57. The minimum Gasteiger partial charge on any atom is -0.312 e. The lowest BCUT2D eigenvalue weighted by Crippen LogP contribution is -2.18. The second kappa shape index (κ2) is 5.76. The highest BCUT2D eigenvalue weighted by Crippen LogP contribution is 2.19. The van der Waals surface area contributed by atoms with Crippen molar-refractivity contribution >= 4 is 0 Å². The van der Waals surface area contributed by atoms with E-state index >= 15 is 0 Å². The van der Waals surface area contributed by atoms with Crippen LogP contribution >= 0.6 is 0 Å². The monoisotopic (exact) mass is 192 g/mol. The van der Waals surface area contributed by atoms with Gasteiger partial charge in [-0.05, 0) is 32.0 Å². The molecule has 0 spiro atoms. The number of aromatic nitrogens is 1. The van der Waals surface area contributed by atoms with E-state index in [0.29, 0.717) is 6.04 Å². The molecule has 1 atom stereocenters. The molecule has 1 aromatic heterocycles. The first-order valence-corrected chi connectivity index (χ1v) is 5.38. The Morgan fingerprint density at radius 1 is 1.50 bits per heavy atom. The van der Waals surface area contributed by atoms with Gasteiger partial charge in [0.25, 0.3) is 0 Å². The Morgan fingerprint density at radius 3 is 2.86 bits per heavy atom. The highest BCUT2D eigenvalue weighted by Gasteiger charge is 2.11. The number of nitrogens with zero attached hydrogens (tertiary/aromatic N) is 1. The van der Waals surface area contributed by atoms with E-state index in [-0.39, 0.29) is 0 Å². The third kappa shape index (κ3) is 2.81. The first kappa shape index (κ1) is 11.2. The molecule has 0 aliphatic heterocycles. The van der Waals surface area contributed by atoms with Crippen molar-refractivity contribution in [3.63, 3.8) is 0 Å². The van der Waals surface area contributed by atoms with Crippen LogP contribution in [0.3, 0.4) is 0 Å². The summed E-state index contributed by atoms with van der Waals surface area (Å²) in [4.78, 5) is 4.44. The molecule has 1 N–H and O–H groups in total. The lowest BCUT2D eigenvalue weighted by molar-refractivity contribution is 0.509. The van der Waals surface area contributed by atoms with Crippen molar-refractivity contribution < 1.29 is 0 Å². The van der Waals surface area contributed by atoms with E-state index in [1.807, 2.05) is 19.3 Å². The van der Waals surface area contributed by atoms with E-state index < -0.39 is 0 Å². The predicted octanol–water partition coefficient (Wildman–Crippen LogP) is 2.84. The maximum Gasteiger partial charge on any atom is 0.0602 e. The molecular weight excluding hydrogens is 172 g/mol.